The average molecular weight is 426 g/mol. The predicted molar refractivity (Wildman–Crippen MR) is 106 cm³/mol. The van der Waals surface area contributed by atoms with Gasteiger partial charge in [-0.05, 0) is 12.8 Å². The van der Waals surface area contributed by atoms with Gasteiger partial charge in [0.05, 0.1) is 18.8 Å². The number of nitrogens with zero attached hydrogens (tertiary/aromatic N) is 7. The van der Waals surface area contributed by atoms with Crippen molar-refractivity contribution >= 4 is 17.8 Å². The molecule has 0 aromatic carbocycles. The lowest BCUT2D eigenvalue weighted by Crippen LogP contribution is -2.38. The van der Waals surface area contributed by atoms with Gasteiger partial charge in [-0.25, -0.2) is 9.97 Å². The second kappa shape index (κ2) is 9.37. The Balaban J connectivity index is 2.15. The molecule has 2 aromatic rings. The molecule has 0 radical (unpaired) electrons. The first kappa shape index (κ1) is 21.9. The van der Waals surface area contributed by atoms with Crippen LogP contribution in [0.1, 0.15) is 32.4 Å². The first-order valence-corrected chi connectivity index (χ1v) is 9.87. The van der Waals surface area contributed by atoms with Gasteiger partial charge in [0.1, 0.15) is 0 Å². The van der Waals surface area contributed by atoms with Crippen LogP contribution in [0.2, 0.25) is 0 Å². The highest BCUT2D eigenvalue weighted by Gasteiger charge is 2.37. The average Bonchev–Trinajstić information content (AvgIpc) is 2.73. The summed E-state index contributed by atoms with van der Waals surface area (Å²) < 4.78 is 46.2. The largest absolute Gasteiger partial charge is 0.434 e. The second-order valence-corrected chi connectivity index (χ2v) is 6.83. The van der Waals surface area contributed by atoms with E-state index in [2.05, 4.69) is 24.9 Å². The van der Waals surface area contributed by atoms with E-state index in [1.807, 2.05) is 23.6 Å². The number of aromatic nitrogens is 5. The molecule has 0 bridgehead atoms. The van der Waals surface area contributed by atoms with Gasteiger partial charge in [0.15, 0.2) is 11.5 Å². The van der Waals surface area contributed by atoms with Crippen LogP contribution in [0.5, 0.6) is 0 Å². The minimum absolute atomic E-state index is 0.133. The molecule has 3 heterocycles. The zero-order chi connectivity index (χ0) is 21.7. The third-order valence-corrected chi connectivity index (χ3v) is 4.49. The first-order chi connectivity index (χ1) is 14.3. The van der Waals surface area contributed by atoms with E-state index in [1.165, 1.54) is 0 Å². The number of morpholine rings is 1. The fraction of sp³-hybridized carbons (Fsp3) is 0.611. The SMILES string of the molecule is CCCN(CCC)c1nc(-c2cnc(N)nc2C(F)(F)F)nc(N2CCOCC2)n1. The summed E-state index contributed by atoms with van der Waals surface area (Å²) in [5.41, 5.74) is 3.90. The molecule has 0 amide bonds. The summed E-state index contributed by atoms with van der Waals surface area (Å²) >= 11 is 0. The van der Waals surface area contributed by atoms with Gasteiger partial charge in [-0.1, -0.05) is 13.8 Å². The Morgan fingerprint density at radius 2 is 1.73 bits per heavy atom. The predicted octanol–water partition coefficient (Wildman–Crippen LogP) is 2.39. The number of alkyl halides is 3. The highest BCUT2D eigenvalue weighted by atomic mass is 19.4. The zero-order valence-electron chi connectivity index (χ0n) is 17.0. The van der Waals surface area contributed by atoms with Crippen molar-refractivity contribution in [2.24, 2.45) is 0 Å². The van der Waals surface area contributed by atoms with Crippen LogP contribution in [0.3, 0.4) is 0 Å². The minimum atomic E-state index is -4.73. The summed E-state index contributed by atoms with van der Waals surface area (Å²) in [5, 5.41) is 0. The Bertz CT molecular complexity index is 852. The van der Waals surface area contributed by atoms with Crippen molar-refractivity contribution in [3.8, 4) is 11.4 Å². The Morgan fingerprint density at radius 1 is 1.07 bits per heavy atom. The molecular formula is C18H25F3N8O. The highest BCUT2D eigenvalue weighted by molar-refractivity contribution is 5.62. The maximum atomic E-state index is 13.6. The molecular weight excluding hydrogens is 401 g/mol. The van der Waals surface area contributed by atoms with Gasteiger partial charge < -0.3 is 20.3 Å². The molecule has 0 saturated carbocycles. The lowest BCUT2D eigenvalue weighted by Gasteiger charge is -2.28. The number of rotatable bonds is 7. The summed E-state index contributed by atoms with van der Waals surface area (Å²) in [4.78, 5) is 24.2. The Kier molecular flexibility index (Phi) is 6.85. The molecule has 12 heteroatoms. The van der Waals surface area contributed by atoms with Crippen molar-refractivity contribution in [2.45, 2.75) is 32.9 Å². The van der Waals surface area contributed by atoms with E-state index in [4.69, 9.17) is 10.5 Å². The van der Waals surface area contributed by atoms with Crippen molar-refractivity contribution in [1.29, 1.82) is 0 Å². The van der Waals surface area contributed by atoms with E-state index in [0.717, 1.165) is 19.0 Å². The molecule has 0 unspecified atom stereocenters. The third-order valence-electron chi connectivity index (χ3n) is 4.49. The van der Waals surface area contributed by atoms with Gasteiger partial charge in [-0.2, -0.15) is 28.1 Å². The molecule has 1 saturated heterocycles. The van der Waals surface area contributed by atoms with Crippen LogP contribution in [0, 0.1) is 0 Å². The third kappa shape index (κ3) is 5.04. The summed E-state index contributed by atoms with van der Waals surface area (Å²) in [5.74, 6) is 0.0361. The number of ether oxygens (including phenoxy) is 1. The monoisotopic (exact) mass is 426 g/mol. The Hall–Kier alpha value is -2.76. The van der Waals surface area contributed by atoms with Crippen molar-refractivity contribution in [2.75, 3.05) is 54.9 Å². The topological polar surface area (TPSA) is 106 Å². The van der Waals surface area contributed by atoms with Crippen LogP contribution in [0.15, 0.2) is 6.20 Å². The van der Waals surface area contributed by atoms with Gasteiger partial charge in [-0.15, -0.1) is 0 Å². The number of nitrogens with two attached hydrogens (primary N) is 1. The summed E-state index contributed by atoms with van der Waals surface area (Å²) in [6.07, 6.45) is -2.04. The van der Waals surface area contributed by atoms with Crippen molar-refractivity contribution in [3.63, 3.8) is 0 Å². The number of hydrogen-bond donors (Lipinski definition) is 1. The van der Waals surface area contributed by atoms with E-state index in [9.17, 15) is 13.2 Å². The molecule has 2 aromatic heterocycles. The fourth-order valence-electron chi connectivity index (χ4n) is 3.15. The molecule has 164 valence electrons. The maximum Gasteiger partial charge on any atom is 0.434 e. The van der Waals surface area contributed by atoms with Gasteiger partial charge in [0, 0.05) is 32.4 Å². The molecule has 0 aliphatic carbocycles. The Labute approximate surface area is 172 Å². The van der Waals surface area contributed by atoms with Crippen LogP contribution < -0.4 is 15.5 Å². The molecule has 1 fully saturated rings. The number of halogens is 3. The molecule has 0 spiro atoms. The van der Waals surface area contributed by atoms with Crippen LogP contribution in [0.25, 0.3) is 11.4 Å². The van der Waals surface area contributed by atoms with Crippen LogP contribution >= 0.6 is 0 Å². The molecule has 0 atom stereocenters. The van der Waals surface area contributed by atoms with Crippen LogP contribution in [0.4, 0.5) is 31.0 Å². The van der Waals surface area contributed by atoms with E-state index in [-0.39, 0.29) is 11.4 Å². The molecule has 9 nitrogen and oxygen atoms in total. The van der Waals surface area contributed by atoms with Crippen molar-refractivity contribution in [1.82, 2.24) is 24.9 Å². The molecule has 1 aliphatic heterocycles. The van der Waals surface area contributed by atoms with Gasteiger partial charge in [0.2, 0.25) is 17.8 Å². The molecule has 1 aliphatic rings. The van der Waals surface area contributed by atoms with E-state index in [0.29, 0.717) is 51.3 Å². The van der Waals surface area contributed by atoms with E-state index in [1.54, 1.807) is 0 Å². The first-order valence-electron chi connectivity index (χ1n) is 9.87. The fourth-order valence-corrected chi connectivity index (χ4v) is 3.15. The Morgan fingerprint density at radius 3 is 2.33 bits per heavy atom. The standard InChI is InChI=1S/C18H25F3N8O/c1-3-5-28(6-4-2)16-25-14(26-17(27-16)29-7-9-30-10-8-29)12-11-23-15(22)24-13(12)18(19,20)21/h11H,3-10H2,1-2H3,(H2,22,23,24). The molecule has 30 heavy (non-hydrogen) atoms. The van der Waals surface area contributed by atoms with Gasteiger partial charge >= 0.3 is 6.18 Å². The summed E-state index contributed by atoms with van der Waals surface area (Å²) in [7, 11) is 0. The second-order valence-electron chi connectivity index (χ2n) is 6.83. The number of hydrogen-bond acceptors (Lipinski definition) is 9. The minimum Gasteiger partial charge on any atom is -0.378 e. The number of anilines is 3. The van der Waals surface area contributed by atoms with E-state index >= 15 is 0 Å². The normalized spacial score (nSPS) is 14.8. The van der Waals surface area contributed by atoms with Crippen LogP contribution in [-0.2, 0) is 10.9 Å². The quantitative estimate of drug-likeness (QED) is 0.714. The lowest BCUT2D eigenvalue weighted by atomic mass is 10.2. The summed E-state index contributed by atoms with van der Waals surface area (Å²) in [6.45, 7) is 7.43. The zero-order valence-corrected chi connectivity index (χ0v) is 17.0. The maximum absolute atomic E-state index is 13.6. The van der Waals surface area contributed by atoms with E-state index < -0.39 is 17.8 Å². The lowest BCUT2D eigenvalue weighted by molar-refractivity contribution is -0.140. The molecule has 3 rings (SSSR count). The van der Waals surface area contributed by atoms with Gasteiger partial charge in [0.25, 0.3) is 0 Å². The molecule has 2 N–H and O–H groups in total. The summed E-state index contributed by atoms with van der Waals surface area (Å²) in [6, 6.07) is 0. The van der Waals surface area contributed by atoms with Crippen LogP contribution in [-0.4, -0.2) is 64.3 Å². The number of nitrogen functional groups attached to an aromatic ring is 1. The van der Waals surface area contributed by atoms with Gasteiger partial charge in [-0.3, -0.25) is 0 Å². The van der Waals surface area contributed by atoms with Crippen molar-refractivity contribution < 1.29 is 17.9 Å². The highest BCUT2D eigenvalue weighted by Crippen LogP contribution is 2.35. The smallest absolute Gasteiger partial charge is 0.378 e. The van der Waals surface area contributed by atoms with Crippen molar-refractivity contribution in [3.05, 3.63) is 11.9 Å².